The maximum Gasteiger partial charge on any atom is 0.197 e. The van der Waals surface area contributed by atoms with Crippen molar-refractivity contribution in [1.29, 1.82) is 0 Å². The van der Waals surface area contributed by atoms with E-state index in [0.717, 1.165) is 15.8 Å². The molecule has 0 spiro atoms. The highest BCUT2D eigenvalue weighted by molar-refractivity contribution is 7.17. The largest absolute Gasteiger partial charge is 0.288 e. The minimum absolute atomic E-state index is 0.133. The molecular weight excluding hydrogens is 273 g/mol. The van der Waals surface area contributed by atoms with E-state index in [1.165, 1.54) is 23.6 Å². The van der Waals surface area contributed by atoms with Crippen molar-refractivity contribution in [2.24, 2.45) is 0 Å². The van der Waals surface area contributed by atoms with Crippen LogP contribution >= 0.6 is 11.3 Å². The van der Waals surface area contributed by atoms with Gasteiger partial charge in [0.2, 0.25) is 0 Å². The summed E-state index contributed by atoms with van der Waals surface area (Å²) in [5.74, 6) is -0.790. The topological polar surface area (TPSA) is 30.0 Å². The van der Waals surface area contributed by atoms with E-state index in [4.69, 9.17) is 0 Å². The molecule has 2 heterocycles. The Morgan fingerprint density at radius 2 is 2.05 bits per heavy atom. The molecule has 100 valence electrons. The zero-order valence-electron chi connectivity index (χ0n) is 11.1. The fourth-order valence-electron chi connectivity index (χ4n) is 2.32. The Bertz CT molecular complexity index is 799. The molecule has 0 aliphatic rings. The minimum Gasteiger partial charge on any atom is -0.288 e. The molecule has 0 bridgehead atoms. The van der Waals surface area contributed by atoms with Gasteiger partial charge in [-0.2, -0.15) is 0 Å². The van der Waals surface area contributed by atoms with Gasteiger partial charge in [-0.05, 0) is 48.6 Å². The zero-order chi connectivity index (χ0) is 14.3. The summed E-state index contributed by atoms with van der Waals surface area (Å²) in [6.07, 6.45) is 1.51. The van der Waals surface area contributed by atoms with Gasteiger partial charge in [0.05, 0.1) is 15.8 Å². The quantitative estimate of drug-likeness (QED) is 0.658. The second-order valence-electron chi connectivity index (χ2n) is 4.80. The van der Waals surface area contributed by atoms with Crippen LogP contribution in [0.15, 0.2) is 35.8 Å². The number of carbonyl (C=O) groups excluding carboxylic acids is 1. The Balaban J connectivity index is 2.12. The summed E-state index contributed by atoms with van der Waals surface area (Å²) in [6.45, 7) is 3.56. The standard InChI is InChI=1S/C16H12FNOS/c1-9-5-10(2)15(12(17)6-9)16(19)11-7-14-13(18-8-11)3-4-20-14/h3-8H,1-2H3. The Kier molecular flexibility index (Phi) is 3.10. The van der Waals surface area contributed by atoms with Gasteiger partial charge in [0.15, 0.2) is 5.78 Å². The molecule has 1 aromatic carbocycles. The number of thiophene rings is 1. The highest BCUT2D eigenvalue weighted by Crippen LogP contribution is 2.23. The molecule has 3 rings (SSSR count). The van der Waals surface area contributed by atoms with Crippen LogP contribution in [0.1, 0.15) is 27.0 Å². The van der Waals surface area contributed by atoms with Gasteiger partial charge < -0.3 is 0 Å². The van der Waals surface area contributed by atoms with Crippen LogP contribution in [-0.4, -0.2) is 10.8 Å². The molecule has 0 aliphatic carbocycles. The van der Waals surface area contributed by atoms with Crippen LogP contribution in [0.25, 0.3) is 10.2 Å². The third-order valence-corrected chi connectivity index (χ3v) is 4.08. The summed E-state index contributed by atoms with van der Waals surface area (Å²) in [5.41, 5.74) is 2.87. The highest BCUT2D eigenvalue weighted by atomic mass is 32.1. The smallest absolute Gasteiger partial charge is 0.197 e. The van der Waals surface area contributed by atoms with Crippen LogP contribution in [0, 0.1) is 19.7 Å². The molecule has 0 saturated carbocycles. The second kappa shape index (κ2) is 4.80. The maximum absolute atomic E-state index is 14.1. The molecule has 0 saturated heterocycles. The zero-order valence-corrected chi connectivity index (χ0v) is 11.9. The number of hydrogen-bond donors (Lipinski definition) is 0. The van der Waals surface area contributed by atoms with Gasteiger partial charge in [0, 0.05) is 11.8 Å². The van der Waals surface area contributed by atoms with E-state index in [-0.39, 0.29) is 11.3 Å². The number of rotatable bonds is 2. The number of carbonyl (C=O) groups is 1. The summed E-state index contributed by atoms with van der Waals surface area (Å²) >= 11 is 1.52. The van der Waals surface area contributed by atoms with Crippen molar-refractivity contribution in [3.63, 3.8) is 0 Å². The van der Waals surface area contributed by atoms with Crippen molar-refractivity contribution in [3.05, 3.63) is 63.9 Å². The van der Waals surface area contributed by atoms with Crippen molar-refractivity contribution in [2.45, 2.75) is 13.8 Å². The van der Waals surface area contributed by atoms with Crippen LogP contribution in [0.5, 0.6) is 0 Å². The molecule has 0 N–H and O–H groups in total. The van der Waals surface area contributed by atoms with E-state index in [0.29, 0.717) is 11.1 Å². The Morgan fingerprint density at radius 1 is 1.25 bits per heavy atom. The molecule has 2 aromatic heterocycles. The first kappa shape index (κ1) is 12.9. The minimum atomic E-state index is -0.473. The number of nitrogens with zero attached hydrogens (tertiary/aromatic N) is 1. The van der Waals surface area contributed by atoms with Crippen molar-refractivity contribution in [3.8, 4) is 0 Å². The van der Waals surface area contributed by atoms with Gasteiger partial charge in [-0.1, -0.05) is 6.07 Å². The number of halogens is 1. The van der Waals surface area contributed by atoms with Gasteiger partial charge in [0.25, 0.3) is 0 Å². The summed E-state index contributed by atoms with van der Waals surface area (Å²) in [7, 11) is 0. The predicted octanol–water partition coefficient (Wildman–Crippen LogP) is 4.28. The molecule has 0 radical (unpaired) electrons. The van der Waals surface area contributed by atoms with Crippen molar-refractivity contribution < 1.29 is 9.18 Å². The third kappa shape index (κ3) is 2.12. The lowest BCUT2D eigenvalue weighted by atomic mass is 9.98. The molecule has 2 nitrogen and oxygen atoms in total. The fraction of sp³-hybridized carbons (Fsp3) is 0.125. The average molecular weight is 285 g/mol. The number of hydrogen-bond acceptors (Lipinski definition) is 3. The van der Waals surface area contributed by atoms with E-state index >= 15 is 0 Å². The van der Waals surface area contributed by atoms with Gasteiger partial charge >= 0.3 is 0 Å². The number of benzene rings is 1. The lowest BCUT2D eigenvalue weighted by Gasteiger charge is -2.08. The molecule has 0 atom stereocenters. The van der Waals surface area contributed by atoms with E-state index in [1.54, 1.807) is 13.0 Å². The number of aromatic nitrogens is 1. The molecule has 0 amide bonds. The predicted molar refractivity (Wildman–Crippen MR) is 78.9 cm³/mol. The lowest BCUT2D eigenvalue weighted by Crippen LogP contribution is -2.07. The summed E-state index contributed by atoms with van der Waals surface area (Å²) in [6, 6.07) is 6.87. The van der Waals surface area contributed by atoms with E-state index in [1.807, 2.05) is 24.4 Å². The van der Waals surface area contributed by atoms with Crippen LogP contribution in [0.4, 0.5) is 4.39 Å². The normalized spacial score (nSPS) is 10.9. The second-order valence-corrected chi connectivity index (χ2v) is 5.74. The number of pyridine rings is 1. The average Bonchev–Trinajstić information content (AvgIpc) is 2.84. The van der Waals surface area contributed by atoms with Gasteiger partial charge in [-0.3, -0.25) is 9.78 Å². The van der Waals surface area contributed by atoms with Crippen LogP contribution in [0.2, 0.25) is 0 Å². The summed E-state index contributed by atoms with van der Waals surface area (Å²) in [5, 5.41) is 1.92. The van der Waals surface area contributed by atoms with Gasteiger partial charge in [-0.15, -0.1) is 11.3 Å². The number of ketones is 1. The SMILES string of the molecule is Cc1cc(C)c(C(=O)c2cnc3ccsc3c2)c(F)c1. The van der Waals surface area contributed by atoms with Crippen molar-refractivity contribution in [2.75, 3.05) is 0 Å². The molecule has 0 fully saturated rings. The van der Waals surface area contributed by atoms with Crippen molar-refractivity contribution >= 4 is 27.3 Å². The fourth-order valence-corrected chi connectivity index (χ4v) is 3.10. The molecular formula is C16H12FNOS. The molecule has 3 aromatic rings. The number of fused-ring (bicyclic) bond motifs is 1. The molecule has 4 heteroatoms. The Hall–Kier alpha value is -2.07. The van der Waals surface area contributed by atoms with Crippen molar-refractivity contribution in [1.82, 2.24) is 4.98 Å². The molecule has 0 unspecified atom stereocenters. The monoisotopic (exact) mass is 285 g/mol. The van der Waals surface area contributed by atoms with Gasteiger partial charge in [-0.25, -0.2) is 4.39 Å². The van der Waals surface area contributed by atoms with E-state index in [9.17, 15) is 9.18 Å². The first-order valence-electron chi connectivity index (χ1n) is 6.21. The third-order valence-electron chi connectivity index (χ3n) is 3.22. The first-order valence-corrected chi connectivity index (χ1v) is 7.09. The molecule has 20 heavy (non-hydrogen) atoms. The maximum atomic E-state index is 14.1. The van der Waals surface area contributed by atoms with Gasteiger partial charge in [0.1, 0.15) is 5.82 Å². The molecule has 0 aliphatic heterocycles. The summed E-state index contributed by atoms with van der Waals surface area (Å²) < 4.78 is 15.0. The first-order chi connectivity index (χ1) is 9.56. The van der Waals surface area contributed by atoms with Crippen LogP contribution < -0.4 is 0 Å². The lowest BCUT2D eigenvalue weighted by molar-refractivity contribution is 0.103. The Morgan fingerprint density at radius 3 is 2.80 bits per heavy atom. The van der Waals surface area contributed by atoms with E-state index < -0.39 is 5.82 Å². The van der Waals surface area contributed by atoms with Crippen LogP contribution in [-0.2, 0) is 0 Å². The number of aryl methyl sites for hydroxylation is 2. The highest BCUT2D eigenvalue weighted by Gasteiger charge is 2.18. The van der Waals surface area contributed by atoms with Crippen LogP contribution in [0.3, 0.4) is 0 Å². The van der Waals surface area contributed by atoms with E-state index in [2.05, 4.69) is 4.98 Å². The summed E-state index contributed by atoms with van der Waals surface area (Å²) in [4.78, 5) is 16.7. The Labute approximate surface area is 119 Å².